The summed E-state index contributed by atoms with van der Waals surface area (Å²) in [6, 6.07) is 15.0. The lowest BCUT2D eigenvalue weighted by Crippen LogP contribution is -2.01. The fourth-order valence-electron chi connectivity index (χ4n) is 2.49. The van der Waals surface area contributed by atoms with E-state index in [1.54, 1.807) is 24.2 Å². The number of nitrogens with zero attached hydrogens (tertiary/aromatic N) is 4. The van der Waals surface area contributed by atoms with E-state index >= 15 is 0 Å². The van der Waals surface area contributed by atoms with Crippen LogP contribution in [0.1, 0.15) is 0 Å². The molecule has 4 aromatic rings. The van der Waals surface area contributed by atoms with Gasteiger partial charge in [-0.2, -0.15) is 10.1 Å². The van der Waals surface area contributed by atoms with Crippen LogP contribution < -0.4 is 15.8 Å². The zero-order chi connectivity index (χ0) is 17.2. The molecule has 3 N–H and O–H groups in total. The Bertz CT molecular complexity index is 1010. The largest absolute Gasteiger partial charge is 0.497 e. The number of nitrogens with one attached hydrogen (secondary N) is 1. The quantitative estimate of drug-likeness (QED) is 0.558. The van der Waals surface area contributed by atoms with Gasteiger partial charge in [0.1, 0.15) is 5.75 Å². The van der Waals surface area contributed by atoms with E-state index < -0.39 is 0 Å². The monoisotopic (exact) mass is 332 g/mol. The standard InChI is InChI=1S/C18H16N6O/c1-25-16-8-6-15(7-9-16)24-17-12(11-21-24)10-20-18(23-17)22-14-4-2-13(19)3-5-14/h2-11H,19H2,1H3,(H,20,22,23). The fourth-order valence-corrected chi connectivity index (χ4v) is 2.49. The molecule has 0 saturated heterocycles. The number of nitrogens with two attached hydrogens (primary N) is 1. The van der Waals surface area contributed by atoms with Crippen LogP contribution in [0.25, 0.3) is 16.7 Å². The Balaban J connectivity index is 1.70. The van der Waals surface area contributed by atoms with Gasteiger partial charge in [0.15, 0.2) is 5.65 Å². The van der Waals surface area contributed by atoms with Crippen molar-refractivity contribution in [3.8, 4) is 11.4 Å². The number of aromatic nitrogens is 4. The molecule has 0 aliphatic heterocycles. The Morgan fingerprint density at radius 2 is 1.76 bits per heavy atom. The lowest BCUT2D eigenvalue weighted by molar-refractivity contribution is 0.414. The highest BCUT2D eigenvalue weighted by Crippen LogP contribution is 2.21. The molecule has 0 radical (unpaired) electrons. The number of hydrogen-bond acceptors (Lipinski definition) is 6. The average Bonchev–Trinajstić information content (AvgIpc) is 3.07. The van der Waals surface area contributed by atoms with Gasteiger partial charge in [-0.1, -0.05) is 0 Å². The summed E-state index contributed by atoms with van der Waals surface area (Å²) in [6.07, 6.45) is 3.49. The van der Waals surface area contributed by atoms with Crippen LogP contribution in [0.5, 0.6) is 5.75 Å². The molecule has 2 aromatic heterocycles. The van der Waals surface area contributed by atoms with Gasteiger partial charge in [0, 0.05) is 17.6 Å². The van der Waals surface area contributed by atoms with Crippen LogP contribution in [0.4, 0.5) is 17.3 Å². The molecule has 0 spiro atoms. The van der Waals surface area contributed by atoms with Crippen molar-refractivity contribution >= 4 is 28.4 Å². The van der Waals surface area contributed by atoms with Gasteiger partial charge in [-0.3, -0.25) is 0 Å². The molecular weight excluding hydrogens is 316 g/mol. The molecular formula is C18H16N6O. The van der Waals surface area contributed by atoms with Crippen LogP contribution in [-0.4, -0.2) is 26.9 Å². The molecule has 7 heteroatoms. The Kier molecular flexibility index (Phi) is 3.66. The van der Waals surface area contributed by atoms with Crippen molar-refractivity contribution < 1.29 is 4.74 Å². The topological polar surface area (TPSA) is 90.9 Å². The van der Waals surface area contributed by atoms with Crippen molar-refractivity contribution in [2.75, 3.05) is 18.2 Å². The summed E-state index contributed by atoms with van der Waals surface area (Å²) in [6.45, 7) is 0. The summed E-state index contributed by atoms with van der Waals surface area (Å²) in [5.41, 5.74) is 8.90. The van der Waals surface area contributed by atoms with Crippen LogP contribution in [0.2, 0.25) is 0 Å². The van der Waals surface area contributed by atoms with Crippen molar-refractivity contribution in [2.45, 2.75) is 0 Å². The highest BCUT2D eigenvalue weighted by molar-refractivity contribution is 5.77. The predicted molar refractivity (Wildman–Crippen MR) is 97.3 cm³/mol. The van der Waals surface area contributed by atoms with Crippen LogP contribution >= 0.6 is 0 Å². The third-order valence-corrected chi connectivity index (χ3v) is 3.79. The molecule has 0 amide bonds. The molecule has 2 aromatic carbocycles. The summed E-state index contributed by atoms with van der Waals surface area (Å²) < 4.78 is 6.96. The van der Waals surface area contributed by atoms with Crippen molar-refractivity contribution in [2.24, 2.45) is 0 Å². The summed E-state index contributed by atoms with van der Waals surface area (Å²) in [7, 11) is 1.64. The molecule has 0 aliphatic carbocycles. The normalized spacial score (nSPS) is 10.8. The Morgan fingerprint density at radius 3 is 2.48 bits per heavy atom. The maximum Gasteiger partial charge on any atom is 0.229 e. The highest BCUT2D eigenvalue weighted by Gasteiger charge is 2.09. The van der Waals surface area contributed by atoms with Crippen LogP contribution in [0, 0.1) is 0 Å². The molecule has 7 nitrogen and oxygen atoms in total. The first kappa shape index (κ1) is 14.9. The van der Waals surface area contributed by atoms with E-state index in [2.05, 4.69) is 20.4 Å². The Hall–Kier alpha value is -3.61. The van der Waals surface area contributed by atoms with Gasteiger partial charge in [0.2, 0.25) is 5.95 Å². The maximum absolute atomic E-state index is 5.71. The highest BCUT2D eigenvalue weighted by atomic mass is 16.5. The number of hydrogen-bond donors (Lipinski definition) is 2. The second kappa shape index (κ2) is 6.12. The number of rotatable bonds is 4. The Labute approximate surface area is 144 Å². The zero-order valence-corrected chi connectivity index (χ0v) is 13.5. The molecule has 0 bridgehead atoms. The number of fused-ring (bicyclic) bond motifs is 1. The van der Waals surface area contributed by atoms with Gasteiger partial charge in [-0.05, 0) is 48.5 Å². The van der Waals surface area contributed by atoms with Gasteiger partial charge >= 0.3 is 0 Å². The third kappa shape index (κ3) is 2.94. The van der Waals surface area contributed by atoms with Gasteiger partial charge in [0.25, 0.3) is 0 Å². The van der Waals surface area contributed by atoms with E-state index in [1.807, 2.05) is 48.5 Å². The minimum Gasteiger partial charge on any atom is -0.497 e. The second-order valence-electron chi connectivity index (χ2n) is 5.47. The maximum atomic E-state index is 5.71. The van der Waals surface area contributed by atoms with Crippen molar-refractivity contribution in [3.05, 3.63) is 60.9 Å². The van der Waals surface area contributed by atoms with E-state index in [9.17, 15) is 0 Å². The molecule has 124 valence electrons. The minimum absolute atomic E-state index is 0.493. The predicted octanol–water partition coefficient (Wildman–Crippen LogP) is 3.15. The van der Waals surface area contributed by atoms with E-state index in [0.717, 1.165) is 28.2 Å². The summed E-state index contributed by atoms with van der Waals surface area (Å²) in [4.78, 5) is 8.92. The zero-order valence-electron chi connectivity index (χ0n) is 13.5. The van der Waals surface area contributed by atoms with E-state index in [4.69, 9.17) is 10.5 Å². The SMILES string of the molecule is COc1ccc(-n2ncc3cnc(Nc4ccc(N)cc4)nc32)cc1. The average molecular weight is 332 g/mol. The van der Waals surface area contributed by atoms with Crippen molar-refractivity contribution in [1.82, 2.24) is 19.7 Å². The second-order valence-corrected chi connectivity index (χ2v) is 5.47. The van der Waals surface area contributed by atoms with Crippen LogP contribution in [0.3, 0.4) is 0 Å². The van der Waals surface area contributed by atoms with Gasteiger partial charge < -0.3 is 15.8 Å². The lowest BCUT2D eigenvalue weighted by atomic mass is 10.3. The fraction of sp³-hybridized carbons (Fsp3) is 0.0556. The molecule has 25 heavy (non-hydrogen) atoms. The molecule has 0 unspecified atom stereocenters. The van der Waals surface area contributed by atoms with Crippen molar-refractivity contribution in [3.63, 3.8) is 0 Å². The first-order valence-electron chi connectivity index (χ1n) is 7.71. The van der Waals surface area contributed by atoms with E-state index in [-0.39, 0.29) is 0 Å². The molecule has 4 rings (SSSR count). The number of methoxy groups -OCH3 is 1. The first-order chi connectivity index (χ1) is 12.2. The number of benzene rings is 2. The Morgan fingerprint density at radius 1 is 1.00 bits per heavy atom. The summed E-state index contributed by atoms with van der Waals surface area (Å²) >= 11 is 0. The molecule has 0 atom stereocenters. The summed E-state index contributed by atoms with van der Waals surface area (Å²) in [5.74, 6) is 1.29. The summed E-state index contributed by atoms with van der Waals surface area (Å²) in [5, 5.41) is 8.44. The lowest BCUT2D eigenvalue weighted by Gasteiger charge is -2.07. The smallest absolute Gasteiger partial charge is 0.229 e. The molecule has 0 saturated carbocycles. The number of anilines is 3. The minimum atomic E-state index is 0.493. The number of ether oxygens (including phenoxy) is 1. The third-order valence-electron chi connectivity index (χ3n) is 3.79. The molecule has 2 heterocycles. The van der Waals surface area contributed by atoms with Crippen LogP contribution in [-0.2, 0) is 0 Å². The van der Waals surface area contributed by atoms with E-state index in [1.165, 1.54) is 0 Å². The van der Waals surface area contributed by atoms with Crippen LogP contribution in [0.15, 0.2) is 60.9 Å². The molecule has 0 aliphatic rings. The van der Waals surface area contributed by atoms with Gasteiger partial charge in [-0.15, -0.1) is 0 Å². The van der Waals surface area contributed by atoms with Gasteiger partial charge in [-0.25, -0.2) is 9.67 Å². The van der Waals surface area contributed by atoms with Gasteiger partial charge in [0.05, 0.1) is 24.4 Å². The van der Waals surface area contributed by atoms with Crippen molar-refractivity contribution in [1.29, 1.82) is 0 Å². The first-order valence-corrected chi connectivity index (χ1v) is 7.71. The molecule has 0 fully saturated rings. The number of nitrogen functional groups attached to an aromatic ring is 1. The van der Waals surface area contributed by atoms with E-state index in [0.29, 0.717) is 11.6 Å².